The van der Waals surface area contributed by atoms with E-state index in [0.717, 1.165) is 62.2 Å². The van der Waals surface area contributed by atoms with Crippen LogP contribution in [-0.2, 0) is 19.0 Å². The van der Waals surface area contributed by atoms with Crippen LogP contribution >= 0.6 is 0 Å². The number of hydrogen-bond donors (Lipinski definition) is 2. The van der Waals surface area contributed by atoms with Crippen molar-refractivity contribution in [3.63, 3.8) is 0 Å². The molecule has 2 aliphatic carbocycles. The number of aryl methyl sites for hydroxylation is 1. The van der Waals surface area contributed by atoms with E-state index in [1.54, 1.807) is 0 Å². The molecule has 6 nitrogen and oxygen atoms in total. The molecule has 1 saturated carbocycles. The molecule has 34 heavy (non-hydrogen) atoms. The number of benzene rings is 1. The molecule has 1 aromatic carbocycles. The van der Waals surface area contributed by atoms with Crippen molar-refractivity contribution in [3.05, 3.63) is 46.4 Å². The van der Waals surface area contributed by atoms with E-state index in [1.807, 2.05) is 19.0 Å². The van der Waals surface area contributed by atoms with E-state index < -0.39 is 29.0 Å². The maximum Gasteiger partial charge on any atom is 0.419 e. The molecule has 0 radical (unpaired) electrons. The molecule has 1 fully saturated rings. The second-order valence-corrected chi connectivity index (χ2v) is 9.23. The van der Waals surface area contributed by atoms with E-state index >= 15 is 0 Å². The van der Waals surface area contributed by atoms with Crippen molar-refractivity contribution in [2.24, 2.45) is 0 Å². The van der Waals surface area contributed by atoms with Crippen molar-refractivity contribution in [1.82, 2.24) is 15.3 Å². The molecule has 1 heterocycles. The van der Waals surface area contributed by atoms with Gasteiger partial charge in [-0.1, -0.05) is 6.07 Å². The van der Waals surface area contributed by atoms with Gasteiger partial charge in [0, 0.05) is 31.7 Å². The van der Waals surface area contributed by atoms with Gasteiger partial charge in [0.1, 0.15) is 11.6 Å². The zero-order chi connectivity index (χ0) is 24.5. The fourth-order valence-electron chi connectivity index (χ4n) is 4.76. The van der Waals surface area contributed by atoms with Crippen molar-refractivity contribution in [2.75, 3.05) is 24.3 Å². The average Bonchev–Trinajstić information content (AvgIpc) is 2.79. The Morgan fingerprint density at radius 1 is 1.03 bits per heavy atom. The molecule has 0 aliphatic heterocycles. The summed E-state index contributed by atoms with van der Waals surface area (Å²) in [6.07, 6.45) is 2.04. The van der Waals surface area contributed by atoms with Gasteiger partial charge in [-0.3, -0.25) is 4.79 Å². The van der Waals surface area contributed by atoms with Crippen LogP contribution in [0.3, 0.4) is 0 Å². The van der Waals surface area contributed by atoms with Gasteiger partial charge in [0.05, 0.1) is 16.8 Å². The van der Waals surface area contributed by atoms with Gasteiger partial charge in [0.15, 0.2) is 0 Å². The lowest BCUT2D eigenvalue weighted by atomic mass is 9.91. The van der Waals surface area contributed by atoms with E-state index in [9.17, 15) is 22.4 Å². The molecule has 2 aromatic rings. The summed E-state index contributed by atoms with van der Waals surface area (Å²) < 4.78 is 53.1. The Hall–Kier alpha value is -2.91. The number of nitrogens with zero attached hydrogens (tertiary/aromatic N) is 3. The third kappa shape index (κ3) is 5.26. The number of anilines is 2. The highest BCUT2D eigenvalue weighted by Crippen LogP contribution is 2.33. The number of aromatic nitrogens is 2. The van der Waals surface area contributed by atoms with Gasteiger partial charge >= 0.3 is 6.18 Å². The lowest BCUT2D eigenvalue weighted by Crippen LogP contribution is -2.40. The number of amides is 1. The van der Waals surface area contributed by atoms with Gasteiger partial charge < -0.3 is 15.5 Å². The smallest absolute Gasteiger partial charge is 0.362 e. The Morgan fingerprint density at radius 3 is 2.38 bits per heavy atom. The van der Waals surface area contributed by atoms with Crippen LogP contribution in [0.4, 0.5) is 29.3 Å². The van der Waals surface area contributed by atoms with Gasteiger partial charge in [-0.15, -0.1) is 0 Å². The molecule has 0 saturated heterocycles. The third-order valence-electron chi connectivity index (χ3n) is 6.53. The zero-order valence-electron chi connectivity index (χ0n) is 19.3. The van der Waals surface area contributed by atoms with Gasteiger partial charge in [-0.05, 0) is 63.5 Å². The lowest BCUT2D eigenvalue weighted by Gasteiger charge is -2.30. The summed E-state index contributed by atoms with van der Waals surface area (Å²) >= 11 is 0. The number of halogens is 4. The number of rotatable bonds is 5. The van der Waals surface area contributed by atoms with Crippen LogP contribution in [0.1, 0.15) is 65.7 Å². The van der Waals surface area contributed by atoms with Crippen LogP contribution in [0.2, 0.25) is 0 Å². The predicted octanol–water partition coefficient (Wildman–Crippen LogP) is 4.73. The highest BCUT2D eigenvalue weighted by Gasteiger charge is 2.36. The van der Waals surface area contributed by atoms with Crippen LogP contribution in [0.15, 0.2) is 18.2 Å². The normalized spacial score (nSPS) is 20.4. The zero-order valence-corrected chi connectivity index (χ0v) is 19.3. The Balaban J connectivity index is 1.36. The van der Waals surface area contributed by atoms with E-state index in [0.29, 0.717) is 24.9 Å². The first-order valence-corrected chi connectivity index (χ1v) is 11.6. The topological polar surface area (TPSA) is 70.2 Å². The van der Waals surface area contributed by atoms with E-state index in [4.69, 9.17) is 9.97 Å². The van der Waals surface area contributed by atoms with Crippen LogP contribution in [0, 0.1) is 5.82 Å². The second kappa shape index (κ2) is 9.76. The lowest BCUT2D eigenvalue weighted by molar-refractivity contribution is -0.140. The molecule has 4 rings (SSSR count). The van der Waals surface area contributed by atoms with E-state index in [1.165, 1.54) is 5.56 Å². The fourth-order valence-corrected chi connectivity index (χ4v) is 4.76. The maximum absolute atomic E-state index is 14.3. The van der Waals surface area contributed by atoms with Crippen LogP contribution in [0.25, 0.3) is 0 Å². The molecule has 1 aromatic heterocycles. The molecular formula is C24H29F4N5O. The fraction of sp³-hybridized carbons (Fsp3) is 0.542. The predicted molar refractivity (Wildman–Crippen MR) is 122 cm³/mol. The molecule has 10 heteroatoms. The van der Waals surface area contributed by atoms with Gasteiger partial charge in [0.25, 0.3) is 5.91 Å². The average molecular weight is 480 g/mol. The number of carbonyl (C=O) groups excluding carboxylic acids is 1. The minimum atomic E-state index is -4.85. The number of carbonyl (C=O) groups is 1. The second-order valence-electron chi connectivity index (χ2n) is 9.23. The van der Waals surface area contributed by atoms with Crippen molar-refractivity contribution < 1.29 is 22.4 Å². The third-order valence-corrected chi connectivity index (χ3v) is 6.53. The molecule has 2 N–H and O–H groups in total. The molecule has 184 valence electrons. The number of nitrogens with one attached hydrogen (secondary N) is 2. The molecule has 0 atom stereocenters. The summed E-state index contributed by atoms with van der Waals surface area (Å²) in [5.74, 6) is -0.822. The summed E-state index contributed by atoms with van der Waals surface area (Å²) in [5, 5.41) is 6.11. The first kappa shape index (κ1) is 24.2. The van der Waals surface area contributed by atoms with Gasteiger partial charge in [0.2, 0.25) is 5.95 Å². The largest absolute Gasteiger partial charge is 0.419 e. The standard InChI is InChI=1S/C24H29F4N5O/c1-33(2)21-16-6-3-4-9-19(16)31-23(32-21)30-15-12-10-14(11-13-15)29-22(34)17-7-5-8-18(20(17)25)24(26,27)28/h5,7-8,14-15H,3-4,6,9-13H2,1-2H3,(H,29,34)(H,30,31,32)/t14-,15+. The van der Waals surface area contributed by atoms with Gasteiger partial charge in [-0.2, -0.15) is 18.2 Å². The Labute approximate surface area is 196 Å². The highest BCUT2D eigenvalue weighted by molar-refractivity contribution is 5.94. The summed E-state index contributed by atoms with van der Waals surface area (Å²) in [5.41, 5.74) is 0.288. The minimum Gasteiger partial charge on any atom is -0.362 e. The summed E-state index contributed by atoms with van der Waals surface area (Å²) in [6.45, 7) is 0. The summed E-state index contributed by atoms with van der Waals surface area (Å²) in [6, 6.07) is 2.63. The van der Waals surface area contributed by atoms with E-state index in [-0.39, 0.29) is 12.1 Å². The molecule has 2 aliphatic rings. The molecule has 0 bridgehead atoms. The summed E-state index contributed by atoms with van der Waals surface area (Å²) in [4.78, 5) is 23.9. The van der Waals surface area contributed by atoms with Crippen molar-refractivity contribution in [2.45, 2.75) is 69.6 Å². The molecular weight excluding hydrogens is 450 g/mol. The SMILES string of the molecule is CN(C)c1nc(N[C@H]2CC[C@@H](NC(=O)c3cccc(C(F)(F)F)c3F)CC2)nc2c1CCCC2. The van der Waals surface area contributed by atoms with Gasteiger partial charge in [-0.25, -0.2) is 9.37 Å². The Kier molecular flexibility index (Phi) is 6.95. The Bertz CT molecular complexity index is 1050. The molecule has 0 unspecified atom stereocenters. The first-order valence-electron chi connectivity index (χ1n) is 11.6. The number of hydrogen-bond acceptors (Lipinski definition) is 5. The minimum absolute atomic E-state index is 0.120. The number of fused-ring (bicyclic) bond motifs is 1. The first-order chi connectivity index (χ1) is 16.1. The number of alkyl halides is 3. The molecule has 0 spiro atoms. The van der Waals surface area contributed by atoms with Crippen molar-refractivity contribution >= 4 is 17.7 Å². The quantitative estimate of drug-likeness (QED) is 0.607. The molecule has 1 amide bonds. The van der Waals surface area contributed by atoms with Crippen LogP contribution in [-0.4, -0.2) is 42.1 Å². The van der Waals surface area contributed by atoms with Crippen LogP contribution in [0.5, 0.6) is 0 Å². The maximum atomic E-state index is 14.3. The van der Waals surface area contributed by atoms with Crippen LogP contribution < -0.4 is 15.5 Å². The Morgan fingerprint density at radius 2 is 1.71 bits per heavy atom. The van der Waals surface area contributed by atoms with E-state index in [2.05, 4.69) is 10.6 Å². The summed E-state index contributed by atoms with van der Waals surface area (Å²) in [7, 11) is 3.95. The highest BCUT2D eigenvalue weighted by atomic mass is 19.4. The van der Waals surface area contributed by atoms with Crippen molar-refractivity contribution in [3.8, 4) is 0 Å². The monoisotopic (exact) mass is 479 g/mol. The van der Waals surface area contributed by atoms with Crippen molar-refractivity contribution in [1.29, 1.82) is 0 Å².